The second-order valence-corrected chi connectivity index (χ2v) is 5.37. The van der Waals surface area contributed by atoms with E-state index >= 15 is 0 Å². The summed E-state index contributed by atoms with van der Waals surface area (Å²) in [5.41, 5.74) is 5.07. The Morgan fingerprint density at radius 3 is 2.32 bits per heavy atom. The van der Waals surface area contributed by atoms with E-state index in [1.165, 1.54) is 18.2 Å². The Balaban J connectivity index is 1.91. The molecule has 0 aliphatic carbocycles. The molecule has 0 aliphatic heterocycles. The van der Waals surface area contributed by atoms with E-state index in [0.717, 1.165) is 24.3 Å². The van der Waals surface area contributed by atoms with Gasteiger partial charge in [-0.25, -0.2) is 4.79 Å². The van der Waals surface area contributed by atoms with Crippen LogP contribution in [0.5, 0.6) is 0 Å². The Labute approximate surface area is 145 Å². The predicted octanol–water partition coefficient (Wildman–Crippen LogP) is 3.74. The van der Waals surface area contributed by atoms with Gasteiger partial charge >= 0.3 is 12.1 Å². The van der Waals surface area contributed by atoms with Crippen molar-refractivity contribution in [2.75, 3.05) is 17.7 Å². The average Bonchev–Trinajstić information content (AvgIpc) is 2.52. The first kappa shape index (κ1) is 18.6. The van der Waals surface area contributed by atoms with Gasteiger partial charge in [-0.05, 0) is 42.5 Å². The molecule has 1 amide bonds. The third-order valence-corrected chi connectivity index (χ3v) is 3.30. The number of ether oxygens (including phenoxy) is 1. The largest absolute Gasteiger partial charge is 0.452 e. The van der Waals surface area contributed by atoms with Crippen molar-refractivity contribution < 1.29 is 27.5 Å². The summed E-state index contributed by atoms with van der Waals surface area (Å²) >= 11 is 5.71. The van der Waals surface area contributed by atoms with E-state index in [9.17, 15) is 22.8 Å². The molecule has 5 nitrogen and oxygen atoms in total. The van der Waals surface area contributed by atoms with E-state index < -0.39 is 30.2 Å². The first-order valence-electron chi connectivity index (χ1n) is 6.86. The topological polar surface area (TPSA) is 81.4 Å². The van der Waals surface area contributed by atoms with Gasteiger partial charge in [0.15, 0.2) is 6.61 Å². The minimum absolute atomic E-state index is 0.0479. The maximum absolute atomic E-state index is 12.4. The number of anilines is 2. The highest BCUT2D eigenvalue weighted by Gasteiger charge is 2.30. The summed E-state index contributed by atoms with van der Waals surface area (Å²) in [6.07, 6.45) is -4.46. The molecule has 0 aliphatic rings. The van der Waals surface area contributed by atoms with Gasteiger partial charge in [-0.15, -0.1) is 0 Å². The number of hydrogen-bond acceptors (Lipinski definition) is 4. The van der Waals surface area contributed by atoms with Gasteiger partial charge in [0.2, 0.25) is 0 Å². The molecule has 2 aromatic carbocycles. The predicted molar refractivity (Wildman–Crippen MR) is 86.2 cm³/mol. The Kier molecular flexibility index (Phi) is 5.53. The summed E-state index contributed by atoms with van der Waals surface area (Å²) in [6, 6.07) is 8.01. The summed E-state index contributed by atoms with van der Waals surface area (Å²) < 4.78 is 42.1. The molecule has 9 heteroatoms. The van der Waals surface area contributed by atoms with Crippen LogP contribution in [-0.2, 0) is 15.7 Å². The lowest BCUT2D eigenvalue weighted by molar-refractivity contribution is -0.137. The zero-order chi connectivity index (χ0) is 18.6. The van der Waals surface area contributed by atoms with Gasteiger partial charge in [0, 0.05) is 16.4 Å². The maximum Gasteiger partial charge on any atom is 0.416 e. The quantitative estimate of drug-likeness (QED) is 0.633. The fraction of sp³-hybridized carbons (Fsp3) is 0.125. The molecule has 0 saturated heterocycles. The number of esters is 1. The number of halogens is 4. The minimum atomic E-state index is -4.46. The molecule has 0 saturated carbocycles. The Morgan fingerprint density at radius 2 is 1.76 bits per heavy atom. The van der Waals surface area contributed by atoms with Crippen molar-refractivity contribution in [1.29, 1.82) is 0 Å². The lowest BCUT2D eigenvalue weighted by atomic mass is 10.2. The van der Waals surface area contributed by atoms with Gasteiger partial charge in [-0.1, -0.05) is 11.6 Å². The average molecular weight is 373 g/mol. The Morgan fingerprint density at radius 1 is 1.12 bits per heavy atom. The number of rotatable bonds is 4. The summed E-state index contributed by atoms with van der Waals surface area (Å²) in [6.45, 7) is -0.623. The molecule has 132 valence electrons. The lowest BCUT2D eigenvalue weighted by Gasteiger charge is -2.10. The summed E-state index contributed by atoms with van der Waals surface area (Å²) in [5, 5.41) is 2.66. The minimum Gasteiger partial charge on any atom is -0.452 e. The van der Waals surface area contributed by atoms with Crippen LogP contribution in [0.2, 0.25) is 5.02 Å². The zero-order valence-corrected chi connectivity index (χ0v) is 13.3. The number of benzene rings is 2. The van der Waals surface area contributed by atoms with Crippen molar-refractivity contribution in [3.8, 4) is 0 Å². The van der Waals surface area contributed by atoms with E-state index in [1.54, 1.807) is 0 Å². The molecule has 2 rings (SSSR count). The van der Waals surface area contributed by atoms with Crippen LogP contribution in [0.4, 0.5) is 24.5 Å². The molecule has 0 fully saturated rings. The maximum atomic E-state index is 12.4. The van der Waals surface area contributed by atoms with Crippen LogP contribution in [0.25, 0.3) is 0 Å². The first-order valence-corrected chi connectivity index (χ1v) is 7.24. The highest BCUT2D eigenvalue weighted by atomic mass is 35.5. The molecular weight excluding hydrogens is 361 g/mol. The molecule has 0 unspecified atom stereocenters. The van der Waals surface area contributed by atoms with E-state index in [0.29, 0.717) is 5.02 Å². The molecule has 25 heavy (non-hydrogen) atoms. The second-order valence-electron chi connectivity index (χ2n) is 4.93. The van der Waals surface area contributed by atoms with Gasteiger partial charge in [0.05, 0.1) is 11.1 Å². The smallest absolute Gasteiger partial charge is 0.416 e. The van der Waals surface area contributed by atoms with Crippen molar-refractivity contribution in [2.24, 2.45) is 0 Å². The molecule has 0 spiro atoms. The number of hydrogen-bond donors (Lipinski definition) is 2. The third kappa shape index (κ3) is 5.12. The molecule has 3 N–H and O–H groups in total. The van der Waals surface area contributed by atoms with Crippen molar-refractivity contribution in [3.63, 3.8) is 0 Å². The number of nitrogen functional groups attached to an aromatic ring is 1. The monoisotopic (exact) mass is 372 g/mol. The van der Waals surface area contributed by atoms with Crippen molar-refractivity contribution in [3.05, 3.63) is 58.6 Å². The van der Waals surface area contributed by atoms with Crippen LogP contribution in [-0.4, -0.2) is 18.5 Å². The number of carbonyl (C=O) groups excluding carboxylic acids is 2. The first-order chi connectivity index (χ1) is 11.7. The highest BCUT2D eigenvalue weighted by molar-refractivity contribution is 6.31. The van der Waals surface area contributed by atoms with Gasteiger partial charge in [-0.3, -0.25) is 4.79 Å². The van der Waals surface area contributed by atoms with Gasteiger partial charge < -0.3 is 15.8 Å². The molecule has 0 aromatic heterocycles. The number of amides is 1. The van der Waals surface area contributed by atoms with Crippen molar-refractivity contribution >= 4 is 34.9 Å². The summed E-state index contributed by atoms with van der Waals surface area (Å²) in [4.78, 5) is 23.5. The lowest BCUT2D eigenvalue weighted by Crippen LogP contribution is -2.21. The van der Waals surface area contributed by atoms with Gasteiger partial charge in [0.1, 0.15) is 0 Å². The van der Waals surface area contributed by atoms with Crippen LogP contribution in [0.3, 0.4) is 0 Å². The summed E-state index contributed by atoms with van der Waals surface area (Å²) in [7, 11) is 0. The zero-order valence-electron chi connectivity index (χ0n) is 12.6. The van der Waals surface area contributed by atoms with E-state index in [-0.39, 0.29) is 16.9 Å². The Bertz CT molecular complexity index is 792. The van der Waals surface area contributed by atoms with Crippen LogP contribution in [0.1, 0.15) is 15.9 Å². The van der Waals surface area contributed by atoms with Crippen LogP contribution >= 0.6 is 11.6 Å². The van der Waals surface area contributed by atoms with E-state index in [2.05, 4.69) is 5.32 Å². The standard InChI is InChI=1S/C16H12ClF3N2O3/c17-10-3-6-12(13(21)7-10)15(24)25-8-14(23)22-11-4-1-9(2-5-11)16(18,19)20/h1-7H,8,21H2,(H,22,23). The molecule has 0 radical (unpaired) electrons. The normalized spacial score (nSPS) is 11.0. The van der Waals surface area contributed by atoms with E-state index in [1.807, 2.05) is 0 Å². The second kappa shape index (κ2) is 7.43. The van der Waals surface area contributed by atoms with Crippen LogP contribution < -0.4 is 11.1 Å². The van der Waals surface area contributed by atoms with Gasteiger partial charge in [0.25, 0.3) is 5.91 Å². The SMILES string of the molecule is Nc1cc(Cl)ccc1C(=O)OCC(=O)Nc1ccc(C(F)(F)F)cc1. The van der Waals surface area contributed by atoms with Crippen LogP contribution in [0, 0.1) is 0 Å². The van der Waals surface area contributed by atoms with Crippen molar-refractivity contribution in [2.45, 2.75) is 6.18 Å². The molecule has 0 bridgehead atoms. The molecule has 0 atom stereocenters. The van der Waals surface area contributed by atoms with Crippen LogP contribution in [0.15, 0.2) is 42.5 Å². The Hall–Kier alpha value is -2.74. The number of nitrogens with one attached hydrogen (secondary N) is 1. The third-order valence-electron chi connectivity index (χ3n) is 3.06. The van der Waals surface area contributed by atoms with Crippen molar-refractivity contribution in [1.82, 2.24) is 0 Å². The molecular formula is C16H12ClF3N2O3. The fourth-order valence-electron chi connectivity index (χ4n) is 1.87. The fourth-order valence-corrected chi connectivity index (χ4v) is 2.05. The highest BCUT2D eigenvalue weighted by Crippen LogP contribution is 2.29. The molecule has 0 heterocycles. The molecule has 2 aromatic rings. The summed E-state index contributed by atoms with van der Waals surface area (Å²) in [5.74, 6) is -1.53. The number of nitrogens with two attached hydrogens (primary N) is 1. The number of alkyl halides is 3. The van der Waals surface area contributed by atoms with Gasteiger partial charge in [-0.2, -0.15) is 13.2 Å². The van der Waals surface area contributed by atoms with E-state index in [4.69, 9.17) is 22.1 Å². The number of carbonyl (C=O) groups is 2.